The van der Waals surface area contributed by atoms with Crippen LogP contribution in [-0.2, 0) is 0 Å². The number of halogens is 1. The topological polar surface area (TPSA) is 69.0 Å². The lowest BCUT2D eigenvalue weighted by atomic mass is 9.97. The maximum absolute atomic E-state index is 13.7. The molecule has 36 heavy (non-hydrogen) atoms. The molecule has 3 aromatic carbocycles. The van der Waals surface area contributed by atoms with Gasteiger partial charge in [-0.15, -0.1) is 0 Å². The van der Waals surface area contributed by atoms with Crippen LogP contribution in [0.25, 0.3) is 11.0 Å². The Morgan fingerprint density at radius 2 is 1.75 bits per heavy atom. The average Bonchev–Trinajstić information content (AvgIpc) is 3.17. The van der Waals surface area contributed by atoms with E-state index in [-0.39, 0.29) is 16.8 Å². The van der Waals surface area contributed by atoms with E-state index >= 15 is 0 Å². The second-order valence-electron chi connectivity index (χ2n) is 9.17. The first-order chi connectivity index (χ1) is 17.4. The Morgan fingerprint density at radius 1 is 1.00 bits per heavy atom. The van der Waals surface area contributed by atoms with E-state index in [9.17, 15) is 14.0 Å². The van der Waals surface area contributed by atoms with Gasteiger partial charge in [-0.2, -0.15) is 0 Å². The number of hydrogen-bond acceptors (Lipinski definition) is 5. The first-order valence-corrected chi connectivity index (χ1v) is 11.8. The molecule has 4 aromatic rings. The molecule has 0 bridgehead atoms. The van der Waals surface area contributed by atoms with Crippen molar-refractivity contribution in [2.24, 2.45) is 5.92 Å². The molecule has 1 aromatic heterocycles. The van der Waals surface area contributed by atoms with Gasteiger partial charge in [-0.05, 0) is 66.4 Å². The van der Waals surface area contributed by atoms with Gasteiger partial charge >= 0.3 is 0 Å². The van der Waals surface area contributed by atoms with E-state index in [0.29, 0.717) is 46.2 Å². The molecule has 1 atom stereocenters. The van der Waals surface area contributed by atoms with Gasteiger partial charge in [-0.1, -0.05) is 32.0 Å². The van der Waals surface area contributed by atoms with Crippen LogP contribution in [0.3, 0.4) is 0 Å². The summed E-state index contributed by atoms with van der Waals surface area (Å²) in [5.74, 6) is 0.634. The number of ether oxygens (including phenoxy) is 2. The van der Waals surface area contributed by atoms with E-state index in [4.69, 9.17) is 13.9 Å². The SMILES string of the molecule is COc1cc(C2c3c(oc4ccccc4c3=O)C(=O)N2c2ccc(F)cc2)ccc1OCCC(C)C. The van der Waals surface area contributed by atoms with Crippen molar-refractivity contribution >= 4 is 22.6 Å². The van der Waals surface area contributed by atoms with Crippen LogP contribution in [0, 0.1) is 11.7 Å². The number of benzene rings is 3. The van der Waals surface area contributed by atoms with E-state index in [1.54, 1.807) is 43.5 Å². The van der Waals surface area contributed by atoms with Crippen molar-refractivity contribution in [2.75, 3.05) is 18.6 Å². The van der Waals surface area contributed by atoms with Crippen LogP contribution in [0.5, 0.6) is 11.5 Å². The van der Waals surface area contributed by atoms with Crippen molar-refractivity contribution in [2.45, 2.75) is 26.3 Å². The third-order valence-corrected chi connectivity index (χ3v) is 6.34. The zero-order valence-electron chi connectivity index (χ0n) is 20.3. The summed E-state index contributed by atoms with van der Waals surface area (Å²) < 4.78 is 31.2. The smallest absolute Gasteiger partial charge is 0.295 e. The van der Waals surface area contributed by atoms with Crippen LogP contribution in [0.2, 0.25) is 0 Å². The van der Waals surface area contributed by atoms with Crippen molar-refractivity contribution in [1.82, 2.24) is 0 Å². The van der Waals surface area contributed by atoms with E-state index in [0.717, 1.165) is 6.42 Å². The zero-order valence-corrected chi connectivity index (χ0v) is 20.3. The summed E-state index contributed by atoms with van der Waals surface area (Å²) in [6.07, 6.45) is 0.891. The summed E-state index contributed by atoms with van der Waals surface area (Å²) in [7, 11) is 1.54. The quantitative estimate of drug-likeness (QED) is 0.314. The Morgan fingerprint density at radius 3 is 2.47 bits per heavy atom. The number of amides is 1. The lowest BCUT2D eigenvalue weighted by Gasteiger charge is -2.26. The highest BCUT2D eigenvalue weighted by molar-refractivity contribution is 6.10. The third kappa shape index (κ3) is 4.11. The van der Waals surface area contributed by atoms with Gasteiger partial charge in [-0.3, -0.25) is 14.5 Å². The predicted octanol–water partition coefficient (Wildman–Crippen LogP) is 6.12. The zero-order chi connectivity index (χ0) is 25.4. The largest absolute Gasteiger partial charge is 0.493 e. The number of carbonyl (C=O) groups excluding carboxylic acids is 1. The number of para-hydroxylation sites is 1. The predicted molar refractivity (Wildman–Crippen MR) is 135 cm³/mol. The molecule has 0 fully saturated rings. The summed E-state index contributed by atoms with van der Waals surface area (Å²) in [6, 6.07) is 17.0. The highest BCUT2D eigenvalue weighted by atomic mass is 19.1. The minimum atomic E-state index is -0.794. The molecule has 0 aliphatic carbocycles. The fourth-order valence-corrected chi connectivity index (χ4v) is 4.48. The van der Waals surface area contributed by atoms with Crippen molar-refractivity contribution in [3.63, 3.8) is 0 Å². The lowest BCUT2D eigenvalue weighted by Crippen LogP contribution is -2.29. The molecule has 0 saturated carbocycles. The molecule has 6 nitrogen and oxygen atoms in total. The van der Waals surface area contributed by atoms with Gasteiger partial charge in [0.1, 0.15) is 11.4 Å². The number of rotatable bonds is 7. The number of hydrogen-bond donors (Lipinski definition) is 0. The molecular formula is C29H26FNO5. The maximum Gasteiger partial charge on any atom is 0.295 e. The van der Waals surface area contributed by atoms with E-state index in [1.807, 2.05) is 6.07 Å². The molecule has 0 spiro atoms. The molecule has 0 N–H and O–H groups in total. The summed E-state index contributed by atoms with van der Waals surface area (Å²) in [4.78, 5) is 28.7. The highest BCUT2D eigenvalue weighted by Gasteiger charge is 2.44. The Kier molecular flexibility index (Phi) is 6.22. The standard InChI is InChI=1S/C29H26FNO5/c1-17(2)14-15-35-23-13-8-18(16-24(23)34-3)26-25-27(32)21-6-4-5-7-22(21)36-28(25)29(33)31(26)20-11-9-19(30)10-12-20/h4-13,16-17,26H,14-15H2,1-3H3. The molecule has 2 heterocycles. The van der Waals surface area contributed by atoms with Crippen LogP contribution in [0.1, 0.15) is 48.0 Å². The molecule has 1 aliphatic heterocycles. The van der Waals surface area contributed by atoms with Crippen molar-refractivity contribution in [3.8, 4) is 11.5 Å². The summed E-state index contributed by atoms with van der Waals surface area (Å²) in [5, 5.41) is 0.385. The van der Waals surface area contributed by atoms with Gasteiger partial charge in [0, 0.05) is 5.69 Å². The molecule has 1 unspecified atom stereocenters. The number of nitrogens with zero attached hydrogens (tertiary/aromatic N) is 1. The fraction of sp³-hybridized carbons (Fsp3) is 0.241. The number of anilines is 1. The molecule has 1 aliphatic rings. The van der Waals surface area contributed by atoms with Crippen molar-refractivity contribution in [3.05, 3.63) is 99.7 Å². The van der Waals surface area contributed by atoms with Gasteiger partial charge in [0.25, 0.3) is 5.91 Å². The van der Waals surface area contributed by atoms with Gasteiger partial charge in [0.2, 0.25) is 5.76 Å². The summed E-state index contributed by atoms with van der Waals surface area (Å²) in [5.41, 5.74) is 1.37. The Balaban J connectivity index is 1.67. The van der Waals surface area contributed by atoms with Crippen LogP contribution >= 0.6 is 0 Å². The Labute approximate surface area is 207 Å². The Hall–Kier alpha value is -4.13. The average molecular weight is 488 g/mol. The molecular weight excluding hydrogens is 461 g/mol. The maximum atomic E-state index is 13.7. The van der Waals surface area contributed by atoms with Crippen molar-refractivity contribution < 1.29 is 23.1 Å². The van der Waals surface area contributed by atoms with Crippen LogP contribution in [0.4, 0.5) is 10.1 Å². The monoisotopic (exact) mass is 487 g/mol. The number of methoxy groups -OCH3 is 1. The first kappa shape index (κ1) is 23.6. The van der Waals surface area contributed by atoms with Crippen LogP contribution in [0.15, 0.2) is 75.9 Å². The molecule has 0 saturated heterocycles. The molecule has 184 valence electrons. The van der Waals surface area contributed by atoms with Crippen molar-refractivity contribution in [1.29, 1.82) is 0 Å². The number of fused-ring (bicyclic) bond motifs is 2. The van der Waals surface area contributed by atoms with Gasteiger partial charge in [0.15, 0.2) is 16.9 Å². The summed E-state index contributed by atoms with van der Waals surface area (Å²) in [6.45, 7) is 4.78. The second kappa shape index (κ2) is 9.49. The Bertz CT molecular complexity index is 1490. The van der Waals surface area contributed by atoms with E-state index in [2.05, 4.69) is 13.8 Å². The normalized spacial score (nSPS) is 15.0. The molecule has 7 heteroatoms. The second-order valence-corrected chi connectivity index (χ2v) is 9.17. The van der Waals surface area contributed by atoms with Gasteiger partial charge in [0.05, 0.1) is 30.7 Å². The summed E-state index contributed by atoms with van der Waals surface area (Å²) >= 11 is 0. The fourth-order valence-electron chi connectivity index (χ4n) is 4.48. The minimum absolute atomic E-state index is 0.0238. The molecule has 0 radical (unpaired) electrons. The highest BCUT2D eigenvalue weighted by Crippen LogP contribution is 2.43. The van der Waals surface area contributed by atoms with E-state index in [1.165, 1.54) is 29.2 Å². The first-order valence-electron chi connectivity index (χ1n) is 11.8. The van der Waals surface area contributed by atoms with E-state index < -0.39 is 17.8 Å². The minimum Gasteiger partial charge on any atom is -0.493 e. The number of carbonyl (C=O) groups is 1. The third-order valence-electron chi connectivity index (χ3n) is 6.34. The molecule has 1 amide bonds. The molecule has 5 rings (SSSR count). The lowest BCUT2D eigenvalue weighted by molar-refractivity contribution is 0.0971. The van der Waals surface area contributed by atoms with Crippen LogP contribution < -0.4 is 19.8 Å². The van der Waals surface area contributed by atoms with Crippen LogP contribution in [-0.4, -0.2) is 19.6 Å². The van der Waals surface area contributed by atoms with Gasteiger partial charge in [-0.25, -0.2) is 4.39 Å². The van der Waals surface area contributed by atoms with Gasteiger partial charge < -0.3 is 13.9 Å².